The summed E-state index contributed by atoms with van der Waals surface area (Å²) in [6, 6.07) is 14.9. The number of benzene rings is 2. The quantitative estimate of drug-likeness (QED) is 0.359. The van der Waals surface area contributed by atoms with Crippen LogP contribution in [0.2, 0.25) is 5.15 Å². The van der Waals surface area contributed by atoms with Gasteiger partial charge in [0, 0.05) is 19.2 Å². The van der Waals surface area contributed by atoms with Crippen LogP contribution in [0.3, 0.4) is 0 Å². The van der Waals surface area contributed by atoms with Crippen LogP contribution in [0.5, 0.6) is 0 Å². The predicted molar refractivity (Wildman–Crippen MR) is 141 cm³/mol. The molecule has 0 radical (unpaired) electrons. The van der Waals surface area contributed by atoms with E-state index >= 15 is 0 Å². The number of hydrogen-bond donors (Lipinski definition) is 2. The smallest absolute Gasteiger partial charge is 0.356 e. The minimum absolute atomic E-state index is 0.0689. The Bertz CT molecular complexity index is 1580. The second-order valence-electron chi connectivity index (χ2n) is 9.23. The van der Waals surface area contributed by atoms with E-state index in [4.69, 9.17) is 16.6 Å². The Kier molecular flexibility index (Phi) is 5.92. The summed E-state index contributed by atoms with van der Waals surface area (Å²) in [4.78, 5) is 36.4. The summed E-state index contributed by atoms with van der Waals surface area (Å²) in [6.07, 6.45) is 0. The first-order valence-corrected chi connectivity index (χ1v) is 12.1. The third kappa shape index (κ3) is 3.97. The van der Waals surface area contributed by atoms with E-state index in [9.17, 15) is 14.7 Å². The minimum atomic E-state index is -1.18. The molecule has 3 heterocycles. The molecule has 2 atom stereocenters. The van der Waals surface area contributed by atoms with E-state index in [1.165, 1.54) is 17.2 Å². The van der Waals surface area contributed by atoms with Crippen LogP contribution in [0.15, 0.2) is 53.3 Å². The number of hydrogen-bond acceptors (Lipinski definition) is 6. The molecule has 1 aliphatic rings. The molecule has 184 valence electrons. The number of anilines is 2. The molecule has 0 fully saturated rings. The van der Waals surface area contributed by atoms with Gasteiger partial charge in [-0.1, -0.05) is 41.9 Å². The van der Waals surface area contributed by atoms with Crippen molar-refractivity contribution < 1.29 is 9.90 Å². The molecule has 5 rings (SSSR count). The monoisotopic (exact) mass is 503 g/mol. The van der Waals surface area contributed by atoms with E-state index in [0.29, 0.717) is 29.1 Å². The van der Waals surface area contributed by atoms with Crippen molar-refractivity contribution in [2.24, 2.45) is 7.05 Å². The lowest BCUT2D eigenvalue weighted by atomic mass is 10.0. The average molecular weight is 504 g/mol. The Morgan fingerprint density at radius 2 is 1.94 bits per heavy atom. The molecule has 8 nitrogen and oxygen atoms in total. The number of halogens is 1. The SMILES string of the molecule is Cc1cc([C@@H](C)Nc2ccc(Cl)nc2C(=O)O)c2nc(N3Cc4ccccc4[C@H]3C)n(C)c(=O)c2c1. The maximum atomic E-state index is 13.5. The van der Waals surface area contributed by atoms with E-state index < -0.39 is 5.97 Å². The summed E-state index contributed by atoms with van der Waals surface area (Å²) in [5.41, 5.74) is 4.76. The number of carboxylic acid groups (broad SMARTS) is 1. The Balaban J connectivity index is 1.62. The van der Waals surface area contributed by atoms with Crippen molar-refractivity contribution in [2.45, 2.75) is 39.4 Å². The highest BCUT2D eigenvalue weighted by molar-refractivity contribution is 6.29. The molecule has 0 unspecified atom stereocenters. The molecule has 1 aliphatic heterocycles. The van der Waals surface area contributed by atoms with E-state index in [-0.39, 0.29) is 28.5 Å². The first-order valence-electron chi connectivity index (χ1n) is 11.7. The fraction of sp³-hybridized carbons (Fsp3) is 0.259. The molecule has 0 saturated heterocycles. The van der Waals surface area contributed by atoms with Gasteiger partial charge >= 0.3 is 5.97 Å². The molecule has 0 saturated carbocycles. The van der Waals surface area contributed by atoms with Crippen LogP contribution in [0.4, 0.5) is 11.6 Å². The van der Waals surface area contributed by atoms with Gasteiger partial charge in [-0.2, -0.15) is 0 Å². The lowest BCUT2D eigenvalue weighted by molar-refractivity contribution is 0.0691. The number of nitrogens with zero attached hydrogens (tertiary/aromatic N) is 4. The fourth-order valence-electron chi connectivity index (χ4n) is 4.97. The molecular weight excluding hydrogens is 478 g/mol. The average Bonchev–Trinajstić information content (AvgIpc) is 3.18. The highest BCUT2D eigenvalue weighted by atomic mass is 35.5. The number of aromatic nitrogens is 3. The van der Waals surface area contributed by atoms with Crippen LogP contribution in [-0.2, 0) is 13.6 Å². The van der Waals surface area contributed by atoms with Gasteiger partial charge in [0.25, 0.3) is 5.56 Å². The van der Waals surface area contributed by atoms with Crippen molar-refractivity contribution in [3.8, 4) is 0 Å². The lowest BCUT2D eigenvalue weighted by Crippen LogP contribution is -2.30. The van der Waals surface area contributed by atoms with E-state index in [1.807, 2.05) is 38.1 Å². The zero-order chi connectivity index (χ0) is 25.7. The van der Waals surface area contributed by atoms with Crippen LogP contribution in [-0.4, -0.2) is 25.6 Å². The Labute approximate surface area is 213 Å². The Morgan fingerprint density at radius 1 is 1.19 bits per heavy atom. The van der Waals surface area contributed by atoms with Crippen molar-refractivity contribution in [1.82, 2.24) is 14.5 Å². The Morgan fingerprint density at radius 3 is 2.67 bits per heavy atom. The summed E-state index contributed by atoms with van der Waals surface area (Å²) >= 11 is 5.92. The molecule has 0 bridgehead atoms. The first kappa shape index (κ1) is 23.8. The number of pyridine rings is 1. The minimum Gasteiger partial charge on any atom is -0.476 e. The van der Waals surface area contributed by atoms with Gasteiger partial charge in [-0.15, -0.1) is 0 Å². The molecule has 4 aromatic rings. The first-order chi connectivity index (χ1) is 17.2. The topological polar surface area (TPSA) is 100 Å². The highest BCUT2D eigenvalue weighted by Crippen LogP contribution is 2.37. The molecule has 0 amide bonds. The van der Waals surface area contributed by atoms with Gasteiger partial charge < -0.3 is 15.3 Å². The molecule has 9 heteroatoms. The largest absolute Gasteiger partial charge is 0.476 e. The fourth-order valence-corrected chi connectivity index (χ4v) is 5.12. The summed E-state index contributed by atoms with van der Waals surface area (Å²) in [5.74, 6) is -0.592. The maximum absolute atomic E-state index is 13.5. The van der Waals surface area contributed by atoms with Gasteiger partial charge in [-0.3, -0.25) is 9.36 Å². The summed E-state index contributed by atoms with van der Waals surface area (Å²) in [5, 5.41) is 13.4. The highest BCUT2D eigenvalue weighted by Gasteiger charge is 2.30. The zero-order valence-electron chi connectivity index (χ0n) is 20.4. The molecule has 2 aromatic heterocycles. The number of fused-ring (bicyclic) bond motifs is 2. The number of carboxylic acids is 1. The van der Waals surface area contributed by atoms with E-state index in [0.717, 1.165) is 11.1 Å². The standard InChI is InChI=1S/C27H26ClN5O3/c1-14-11-19(15(2)29-21-9-10-22(28)30-24(21)26(35)36)23-20(12-14)25(34)32(4)27(31-23)33-13-17-7-5-6-8-18(17)16(33)3/h5-12,15-16,29H,13H2,1-4H3,(H,35,36)/t15-,16-/m1/s1. The molecular formula is C27H26ClN5O3. The number of aromatic carboxylic acids is 1. The molecule has 36 heavy (non-hydrogen) atoms. The third-order valence-electron chi connectivity index (χ3n) is 6.80. The Hall–Kier alpha value is -3.91. The van der Waals surface area contributed by atoms with E-state index in [2.05, 4.69) is 34.3 Å². The number of aryl methyl sites for hydroxylation is 1. The molecule has 2 N–H and O–H groups in total. The van der Waals surface area contributed by atoms with Crippen LogP contribution in [0.25, 0.3) is 10.9 Å². The summed E-state index contributed by atoms with van der Waals surface area (Å²) < 4.78 is 1.61. The number of nitrogens with one attached hydrogen (secondary N) is 1. The second kappa shape index (κ2) is 8.95. The summed E-state index contributed by atoms with van der Waals surface area (Å²) in [6.45, 7) is 6.61. The molecule has 2 aromatic carbocycles. The van der Waals surface area contributed by atoms with Crippen LogP contribution < -0.4 is 15.8 Å². The van der Waals surface area contributed by atoms with Crippen molar-refractivity contribution in [1.29, 1.82) is 0 Å². The van der Waals surface area contributed by atoms with Gasteiger partial charge in [0.05, 0.1) is 28.7 Å². The van der Waals surface area contributed by atoms with Gasteiger partial charge in [0.2, 0.25) is 5.95 Å². The number of rotatable bonds is 5. The normalized spacial score (nSPS) is 15.7. The lowest BCUT2D eigenvalue weighted by Gasteiger charge is -2.26. The third-order valence-corrected chi connectivity index (χ3v) is 7.01. The van der Waals surface area contributed by atoms with Gasteiger partial charge in [-0.25, -0.2) is 14.8 Å². The van der Waals surface area contributed by atoms with Crippen molar-refractivity contribution in [2.75, 3.05) is 10.2 Å². The van der Waals surface area contributed by atoms with Crippen LogP contribution >= 0.6 is 11.6 Å². The second-order valence-corrected chi connectivity index (χ2v) is 9.62. The van der Waals surface area contributed by atoms with Gasteiger partial charge in [-0.05, 0) is 55.7 Å². The maximum Gasteiger partial charge on any atom is 0.356 e. The van der Waals surface area contributed by atoms with Crippen molar-refractivity contribution in [3.63, 3.8) is 0 Å². The number of carbonyl (C=O) groups is 1. The molecule has 0 spiro atoms. The van der Waals surface area contributed by atoms with Crippen LogP contribution in [0, 0.1) is 6.92 Å². The van der Waals surface area contributed by atoms with E-state index in [1.54, 1.807) is 17.7 Å². The molecule has 0 aliphatic carbocycles. The van der Waals surface area contributed by atoms with Crippen LogP contribution in [0.1, 0.15) is 58.7 Å². The predicted octanol–water partition coefficient (Wildman–Crippen LogP) is 5.24. The van der Waals surface area contributed by atoms with Gasteiger partial charge in [0.15, 0.2) is 5.69 Å². The van der Waals surface area contributed by atoms with Gasteiger partial charge in [0.1, 0.15) is 5.15 Å². The zero-order valence-corrected chi connectivity index (χ0v) is 21.2. The van der Waals surface area contributed by atoms with Crippen molar-refractivity contribution >= 4 is 40.1 Å². The van der Waals surface area contributed by atoms with Crippen molar-refractivity contribution in [3.05, 3.63) is 92.0 Å². The summed E-state index contributed by atoms with van der Waals surface area (Å²) in [7, 11) is 1.75.